The van der Waals surface area contributed by atoms with Crippen LogP contribution < -0.4 is 0 Å². The van der Waals surface area contributed by atoms with Crippen molar-refractivity contribution in [3.63, 3.8) is 0 Å². The fraction of sp³-hybridized carbons (Fsp3) is 0.444. The van der Waals surface area contributed by atoms with Gasteiger partial charge >= 0.3 is 0 Å². The van der Waals surface area contributed by atoms with Crippen LogP contribution in [0.25, 0.3) is 0 Å². The largest absolute Gasteiger partial charge is 0.262 e. The van der Waals surface area contributed by atoms with Crippen molar-refractivity contribution in [1.82, 2.24) is 9.97 Å². The third-order valence-corrected chi connectivity index (χ3v) is 2.58. The molecule has 20 heavy (non-hydrogen) atoms. The van der Waals surface area contributed by atoms with Crippen molar-refractivity contribution in [1.29, 1.82) is 0 Å². The highest BCUT2D eigenvalue weighted by atomic mass is 14.7. The number of nitrogens with zero attached hydrogens (tertiary/aromatic N) is 2. The summed E-state index contributed by atoms with van der Waals surface area (Å²) in [6.07, 6.45) is 3.74. The zero-order chi connectivity index (χ0) is 13.5. The van der Waals surface area contributed by atoms with Crippen LogP contribution in [0.1, 0.15) is 57.1 Å². The van der Waals surface area contributed by atoms with Crippen LogP contribution in [0.4, 0.5) is 0 Å². The van der Waals surface area contributed by atoms with Gasteiger partial charge in [0.25, 0.3) is 0 Å². The summed E-state index contributed by atoms with van der Waals surface area (Å²) in [5, 5.41) is 0. The van der Waals surface area contributed by atoms with Crippen molar-refractivity contribution in [3.8, 4) is 0 Å². The van der Waals surface area contributed by atoms with Crippen LogP contribution in [-0.2, 0) is 0 Å². The Morgan fingerprint density at radius 1 is 0.850 bits per heavy atom. The van der Waals surface area contributed by atoms with E-state index < -0.39 is 0 Å². The molecule has 0 aliphatic carbocycles. The highest BCUT2D eigenvalue weighted by Gasteiger charge is 1.97. The molecule has 0 aromatic carbocycles. The van der Waals surface area contributed by atoms with Crippen LogP contribution >= 0.6 is 0 Å². The Bertz CT molecular complexity index is 456. The first kappa shape index (κ1) is 20.6. The molecular weight excluding hydrogens is 244 g/mol. The van der Waals surface area contributed by atoms with Gasteiger partial charge in [-0.2, -0.15) is 0 Å². The number of rotatable bonds is 1. The van der Waals surface area contributed by atoms with Crippen LogP contribution in [0.5, 0.6) is 0 Å². The molecule has 0 saturated heterocycles. The molecule has 0 bridgehead atoms. The third kappa shape index (κ3) is 7.67. The van der Waals surface area contributed by atoms with Crippen molar-refractivity contribution in [2.75, 3.05) is 0 Å². The summed E-state index contributed by atoms with van der Waals surface area (Å²) in [6.45, 7) is 10.4. The summed E-state index contributed by atoms with van der Waals surface area (Å²) in [5.74, 6) is 0.542. The summed E-state index contributed by atoms with van der Waals surface area (Å²) in [4.78, 5) is 8.32. The number of hydrogen-bond donors (Lipinski definition) is 0. The fourth-order valence-corrected chi connectivity index (χ4v) is 1.51. The smallest absolute Gasteiger partial charge is 0.0429 e. The average Bonchev–Trinajstić information content (AvgIpc) is 2.30. The fourth-order valence-electron chi connectivity index (χ4n) is 1.51. The van der Waals surface area contributed by atoms with E-state index in [-0.39, 0.29) is 14.9 Å². The number of pyridine rings is 2. The van der Waals surface area contributed by atoms with Gasteiger partial charge in [-0.1, -0.05) is 34.8 Å². The first-order chi connectivity index (χ1) is 8.49. The van der Waals surface area contributed by atoms with Crippen LogP contribution in [0.3, 0.4) is 0 Å². The minimum Gasteiger partial charge on any atom is -0.262 e. The maximum atomic E-state index is 4.28. The highest BCUT2D eigenvalue weighted by Crippen LogP contribution is 2.10. The van der Waals surface area contributed by atoms with E-state index in [2.05, 4.69) is 55.9 Å². The molecule has 0 radical (unpaired) electrons. The highest BCUT2D eigenvalue weighted by molar-refractivity contribution is 5.14. The zero-order valence-corrected chi connectivity index (χ0v) is 11.9. The lowest BCUT2D eigenvalue weighted by Crippen LogP contribution is -1.90. The monoisotopic (exact) mass is 274 g/mol. The van der Waals surface area contributed by atoms with Gasteiger partial charge in [-0.3, -0.25) is 9.97 Å². The lowest BCUT2D eigenvalue weighted by molar-refractivity contribution is 0.821. The summed E-state index contributed by atoms with van der Waals surface area (Å²) in [7, 11) is 0. The number of aryl methyl sites for hydroxylation is 3. The summed E-state index contributed by atoms with van der Waals surface area (Å²) in [5.41, 5.74) is 4.76. The SMILES string of the molecule is C.C.Cc1ccc(C(C)C)nc1.Cc1ccnc(C)c1. The lowest BCUT2D eigenvalue weighted by atomic mass is 10.1. The Labute approximate surface area is 125 Å². The standard InChI is InChI=1S/C9H13N.C7H9N.2CH4/c1-7(2)9-5-4-8(3)6-10-9;1-6-3-4-8-7(2)5-6;;/h4-7H,1-3H3;3-5H,1-2H3;2*1H4. The minimum atomic E-state index is 0. The second-order valence-corrected chi connectivity index (χ2v) is 4.89. The lowest BCUT2D eigenvalue weighted by Gasteiger charge is -2.02. The maximum Gasteiger partial charge on any atom is 0.0429 e. The molecule has 2 rings (SSSR count). The Hall–Kier alpha value is -1.70. The Morgan fingerprint density at radius 2 is 1.50 bits per heavy atom. The molecule has 2 heteroatoms. The average molecular weight is 274 g/mol. The molecule has 0 saturated carbocycles. The first-order valence-corrected chi connectivity index (χ1v) is 6.31. The van der Waals surface area contributed by atoms with Gasteiger partial charge < -0.3 is 0 Å². The Kier molecular flexibility index (Phi) is 10.4. The van der Waals surface area contributed by atoms with Gasteiger partial charge in [0.2, 0.25) is 0 Å². The van der Waals surface area contributed by atoms with Crippen molar-refractivity contribution in [3.05, 3.63) is 59.2 Å². The quantitative estimate of drug-likeness (QED) is 0.687. The number of aromatic nitrogens is 2. The molecule has 0 fully saturated rings. The van der Waals surface area contributed by atoms with E-state index in [0.717, 1.165) is 5.69 Å². The molecule has 2 nitrogen and oxygen atoms in total. The summed E-state index contributed by atoms with van der Waals surface area (Å²) >= 11 is 0. The van der Waals surface area contributed by atoms with Gasteiger partial charge in [-0.05, 0) is 56.0 Å². The van der Waals surface area contributed by atoms with E-state index in [1.807, 2.05) is 25.4 Å². The predicted molar refractivity (Wildman–Crippen MR) is 90.2 cm³/mol. The second kappa shape index (κ2) is 10.1. The van der Waals surface area contributed by atoms with Gasteiger partial charge in [0.15, 0.2) is 0 Å². The molecule has 112 valence electrons. The van der Waals surface area contributed by atoms with Crippen molar-refractivity contribution >= 4 is 0 Å². The van der Waals surface area contributed by atoms with Crippen LogP contribution in [0.15, 0.2) is 36.7 Å². The minimum absolute atomic E-state index is 0. The van der Waals surface area contributed by atoms with Gasteiger partial charge in [-0.25, -0.2) is 0 Å². The first-order valence-electron chi connectivity index (χ1n) is 6.31. The molecule has 0 amide bonds. The Morgan fingerprint density at radius 3 is 1.85 bits per heavy atom. The van der Waals surface area contributed by atoms with Gasteiger partial charge in [0.1, 0.15) is 0 Å². The molecule has 2 aromatic heterocycles. The Balaban J connectivity index is 0. The number of hydrogen-bond acceptors (Lipinski definition) is 2. The van der Waals surface area contributed by atoms with Crippen LogP contribution in [0.2, 0.25) is 0 Å². The zero-order valence-electron chi connectivity index (χ0n) is 11.9. The molecule has 0 aliphatic rings. The third-order valence-electron chi connectivity index (χ3n) is 2.58. The van der Waals surface area contributed by atoms with E-state index in [1.165, 1.54) is 16.8 Å². The van der Waals surface area contributed by atoms with Crippen molar-refractivity contribution in [2.45, 2.75) is 55.4 Å². The van der Waals surface area contributed by atoms with Crippen LogP contribution in [-0.4, -0.2) is 9.97 Å². The van der Waals surface area contributed by atoms with Gasteiger partial charge in [0.05, 0.1) is 0 Å². The van der Waals surface area contributed by atoms with E-state index in [1.54, 1.807) is 0 Å². The molecular formula is C18H30N2. The predicted octanol–water partition coefficient (Wildman–Crippen LogP) is 5.48. The molecule has 0 spiro atoms. The molecule has 2 heterocycles. The van der Waals surface area contributed by atoms with E-state index in [0.29, 0.717) is 5.92 Å². The molecule has 0 aliphatic heterocycles. The van der Waals surface area contributed by atoms with Gasteiger partial charge in [-0.15, -0.1) is 0 Å². The van der Waals surface area contributed by atoms with Gasteiger partial charge in [0, 0.05) is 23.8 Å². The van der Waals surface area contributed by atoms with Crippen LogP contribution in [0, 0.1) is 20.8 Å². The topological polar surface area (TPSA) is 25.8 Å². The molecule has 0 atom stereocenters. The van der Waals surface area contributed by atoms with E-state index in [9.17, 15) is 0 Å². The van der Waals surface area contributed by atoms with E-state index >= 15 is 0 Å². The molecule has 2 aromatic rings. The summed E-state index contributed by atoms with van der Waals surface area (Å²) < 4.78 is 0. The second-order valence-electron chi connectivity index (χ2n) is 4.89. The van der Waals surface area contributed by atoms with Crippen molar-refractivity contribution in [2.24, 2.45) is 0 Å². The molecule has 0 N–H and O–H groups in total. The normalized spacial score (nSPS) is 8.90. The summed E-state index contributed by atoms with van der Waals surface area (Å²) in [6, 6.07) is 8.23. The maximum absolute atomic E-state index is 4.28. The van der Waals surface area contributed by atoms with Crippen molar-refractivity contribution < 1.29 is 0 Å². The van der Waals surface area contributed by atoms with E-state index in [4.69, 9.17) is 0 Å². The molecule has 0 unspecified atom stereocenters.